The maximum atomic E-state index is 12.8. The summed E-state index contributed by atoms with van der Waals surface area (Å²) >= 11 is 0. The lowest BCUT2D eigenvalue weighted by Gasteiger charge is -2.09. The molecule has 1 atom stereocenters. The van der Waals surface area contributed by atoms with Crippen LogP contribution >= 0.6 is 0 Å². The average molecular weight is 243 g/mol. The van der Waals surface area contributed by atoms with Crippen LogP contribution in [0.3, 0.4) is 0 Å². The summed E-state index contributed by atoms with van der Waals surface area (Å²) in [6.07, 6.45) is 5.86. The summed E-state index contributed by atoms with van der Waals surface area (Å²) in [7, 11) is 0. The van der Waals surface area contributed by atoms with Crippen molar-refractivity contribution in [3.63, 3.8) is 0 Å². The van der Waals surface area contributed by atoms with Gasteiger partial charge < -0.3 is 5.32 Å². The van der Waals surface area contributed by atoms with E-state index in [0.29, 0.717) is 6.04 Å². The van der Waals surface area contributed by atoms with Crippen molar-refractivity contribution in [1.82, 2.24) is 15.3 Å². The maximum absolute atomic E-state index is 12.8. The van der Waals surface area contributed by atoms with E-state index in [1.165, 1.54) is 18.6 Å². The first-order valence-corrected chi connectivity index (χ1v) is 6.14. The van der Waals surface area contributed by atoms with Gasteiger partial charge in [0.25, 0.3) is 0 Å². The molecule has 1 aliphatic heterocycles. The molecule has 1 aliphatic rings. The molecule has 4 heteroatoms. The van der Waals surface area contributed by atoms with Crippen LogP contribution in [-0.4, -0.2) is 16.5 Å². The van der Waals surface area contributed by atoms with Gasteiger partial charge in [0.05, 0.1) is 29.8 Å². The van der Waals surface area contributed by atoms with Gasteiger partial charge in [-0.25, -0.2) is 4.39 Å². The van der Waals surface area contributed by atoms with Crippen molar-refractivity contribution in [2.45, 2.75) is 18.9 Å². The van der Waals surface area contributed by atoms with Crippen LogP contribution in [0.2, 0.25) is 0 Å². The van der Waals surface area contributed by atoms with Crippen LogP contribution in [0.4, 0.5) is 4.39 Å². The maximum Gasteiger partial charge on any atom is 0.123 e. The van der Waals surface area contributed by atoms with E-state index >= 15 is 0 Å². The third kappa shape index (κ3) is 2.24. The van der Waals surface area contributed by atoms with Crippen molar-refractivity contribution in [3.8, 4) is 11.3 Å². The number of nitrogens with zero attached hydrogens (tertiary/aromatic N) is 2. The molecule has 1 fully saturated rings. The molecule has 2 heterocycles. The molecule has 18 heavy (non-hydrogen) atoms. The van der Waals surface area contributed by atoms with E-state index < -0.39 is 0 Å². The number of hydrogen-bond donors (Lipinski definition) is 1. The molecule has 1 saturated heterocycles. The first-order valence-electron chi connectivity index (χ1n) is 6.14. The van der Waals surface area contributed by atoms with Crippen LogP contribution in [0, 0.1) is 5.82 Å². The van der Waals surface area contributed by atoms with Gasteiger partial charge >= 0.3 is 0 Å². The lowest BCUT2D eigenvalue weighted by Crippen LogP contribution is -2.14. The van der Waals surface area contributed by atoms with Gasteiger partial charge in [-0.2, -0.15) is 0 Å². The van der Waals surface area contributed by atoms with E-state index in [2.05, 4.69) is 15.3 Å². The van der Waals surface area contributed by atoms with Crippen LogP contribution in [0.25, 0.3) is 11.3 Å². The van der Waals surface area contributed by atoms with Crippen LogP contribution in [0.5, 0.6) is 0 Å². The van der Waals surface area contributed by atoms with Gasteiger partial charge in [0.15, 0.2) is 0 Å². The standard InChI is InChI=1S/C14H14FN3/c15-11-5-3-10(4-6-11)13-8-18-14(9-17-13)12-2-1-7-16-12/h3-6,8-9,12,16H,1-2,7H2. The molecule has 1 unspecified atom stereocenters. The minimum atomic E-state index is -0.238. The van der Waals surface area contributed by atoms with Crippen molar-refractivity contribution in [3.05, 3.63) is 48.2 Å². The highest BCUT2D eigenvalue weighted by Gasteiger charge is 2.17. The van der Waals surface area contributed by atoms with E-state index in [-0.39, 0.29) is 5.82 Å². The number of benzene rings is 1. The van der Waals surface area contributed by atoms with Crippen molar-refractivity contribution in [1.29, 1.82) is 0 Å². The van der Waals surface area contributed by atoms with Gasteiger partial charge in [-0.05, 0) is 43.7 Å². The molecule has 0 spiro atoms. The average Bonchev–Trinajstić information content (AvgIpc) is 2.94. The number of aromatic nitrogens is 2. The fourth-order valence-corrected chi connectivity index (χ4v) is 2.22. The molecule has 3 rings (SSSR count). The van der Waals surface area contributed by atoms with Crippen LogP contribution in [0.15, 0.2) is 36.7 Å². The highest BCUT2D eigenvalue weighted by molar-refractivity contribution is 5.57. The van der Waals surface area contributed by atoms with E-state index in [1.807, 2.05) is 6.20 Å². The molecule has 0 radical (unpaired) electrons. The normalized spacial score (nSPS) is 19.1. The molecule has 1 N–H and O–H groups in total. The van der Waals surface area contributed by atoms with E-state index in [1.54, 1.807) is 18.3 Å². The van der Waals surface area contributed by atoms with Gasteiger partial charge in [0.1, 0.15) is 5.82 Å². The lowest BCUT2D eigenvalue weighted by molar-refractivity contribution is 0.624. The molecule has 1 aromatic heterocycles. The molecule has 92 valence electrons. The van der Waals surface area contributed by atoms with Crippen molar-refractivity contribution < 1.29 is 4.39 Å². The van der Waals surface area contributed by atoms with E-state index in [0.717, 1.165) is 29.9 Å². The number of halogens is 1. The largest absolute Gasteiger partial charge is 0.309 e. The highest BCUT2D eigenvalue weighted by Crippen LogP contribution is 2.22. The second-order valence-corrected chi connectivity index (χ2v) is 4.48. The lowest BCUT2D eigenvalue weighted by atomic mass is 10.1. The zero-order valence-corrected chi connectivity index (χ0v) is 9.94. The summed E-state index contributed by atoms with van der Waals surface area (Å²) in [6, 6.07) is 6.63. The van der Waals surface area contributed by atoms with Crippen molar-refractivity contribution in [2.24, 2.45) is 0 Å². The molecule has 0 aliphatic carbocycles. The molecular weight excluding hydrogens is 229 g/mol. The third-order valence-electron chi connectivity index (χ3n) is 3.23. The second kappa shape index (κ2) is 4.82. The Morgan fingerprint density at radius 1 is 1.11 bits per heavy atom. The monoisotopic (exact) mass is 243 g/mol. The molecule has 2 aromatic rings. The van der Waals surface area contributed by atoms with Crippen molar-refractivity contribution >= 4 is 0 Å². The van der Waals surface area contributed by atoms with Crippen LogP contribution in [0.1, 0.15) is 24.6 Å². The minimum Gasteiger partial charge on any atom is -0.309 e. The molecule has 0 amide bonds. The van der Waals surface area contributed by atoms with Crippen molar-refractivity contribution in [2.75, 3.05) is 6.54 Å². The topological polar surface area (TPSA) is 37.8 Å². The zero-order valence-electron chi connectivity index (χ0n) is 9.94. The zero-order chi connectivity index (χ0) is 12.4. The molecule has 1 aromatic carbocycles. The Kier molecular flexibility index (Phi) is 3.02. The quantitative estimate of drug-likeness (QED) is 0.881. The Balaban J connectivity index is 1.84. The van der Waals surface area contributed by atoms with E-state index in [4.69, 9.17) is 0 Å². The molecule has 3 nitrogen and oxygen atoms in total. The summed E-state index contributed by atoms with van der Waals surface area (Å²) < 4.78 is 12.8. The van der Waals surface area contributed by atoms with Gasteiger partial charge in [-0.15, -0.1) is 0 Å². The minimum absolute atomic E-state index is 0.238. The Morgan fingerprint density at radius 2 is 1.94 bits per heavy atom. The smallest absolute Gasteiger partial charge is 0.123 e. The van der Waals surface area contributed by atoms with Crippen LogP contribution in [-0.2, 0) is 0 Å². The Hall–Kier alpha value is -1.81. The number of rotatable bonds is 2. The third-order valence-corrected chi connectivity index (χ3v) is 3.23. The molecule has 0 saturated carbocycles. The van der Waals surface area contributed by atoms with E-state index in [9.17, 15) is 4.39 Å². The Labute approximate surface area is 105 Å². The van der Waals surface area contributed by atoms with Gasteiger partial charge in [0.2, 0.25) is 0 Å². The van der Waals surface area contributed by atoms with Gasteiger partial charge in [0, 0.05) is 5.56 Å². The predicted octanol–water partition coefficient (Wildman–Crippen LogP) is 2.71. The summed E-state index contributed by atoms with van der Waals surface area (Å²) in [5.41, 5.74) is 2.64. The summed E-state index contributed by atoms with van der Waals surface area (Å²) in [4.78, 5) is 8.84. The summed E-state index contributed by atoms with van der Waals surface area (Å²) in [6.45, 7) is 1.05. The van der Waals surface area contributed by atoms with Gasteiger partial charge in [-0.1, -0.05) is 0 Å². The molecular formula is C14H14FN3. The Bertz CT molecular complexity index is 516. The number of hydrogen-bond acceptors (Lipinski definition) is 3. The first kappa shape index (κ1) is 11.3. The SMILES string of the molecule is Fc1ccc(-c2cnc(C3CCCN3)cn2)cc1. The Morgan fingerprint density at radius 3 is 2.56 bits per heavy atom. The van der Waals surface area contributed by atoms with Crippen LogP contribution < -0.4 is 5.32 Å². The summed E-state index contributed by atoms with van der Waals surface area (Å²) in [5.74, 6) is -0.238. The molecule has 0 bridgehead atoms. The number of nitrogens with one attached hydrogen (secondary N) is 1. The predicted molar refractivity (Wildman–Crippen MR) is 67.4 cm³/mol. The second-order valence-electron chi connectivity index (χ2n) is 4.48. The fourth-order valence-electron chi connectivity index (χ4n) is 2.22. The first-order chi connectivity index (χ1) is 8.83. The van der Waals surface area contributed by atoms with Gasteiger partial charge in [-0.3, -0.25) is 9.97 Å². The fraction of sp³-hybridized carbons (Fsp3) is 0.286. The highest BCUT2D eigenvalue weighted by atomic mass is 19.1. The summed E-state index contributed by atoms with van der Waals surface area (Å²) in [5, 5.41) is 3.39.